The largest absolute Gasteiger partial charge is 0.494 e. The topological polar surface area (TPSA) is 72.7 Å². The minimum absolute atomic E-state index is 0.181. The van der Waals surface area contributed by atoms with Gasteiger partial charge in [0.25, 0.3) is 5.56 Å². The third kappa shape index (κ3) is 14.7. The molecule has 272 valence electrons. The molecule has 0 saturated carbocycles. The van der Waals surface area contributed by atoms with E-state index in [4.69, 9.17) is 9.73 Å². The highest BCUT2D eigenvalue weighted by Crippen LogP contribution is 2.33. The molecule has 0 bridgehead atoms. The predicted octanol–water partition coefficient (Wildman–Crippen LogP) is 10.1. The molecule has 1 aromatic heterocycles. The summed E-state index contributed by atoms with van der Waals surface area (Å²) < 4.78 is 7.33. The van der Waals surface area contributed by atoms with Gasteiger partial charge in [0.1, 0.15) is 5.75 Å². The summed E-state index contributed by atoms with van der Waals surface area (Å²) in [4.78, 5) is 30.7. The van der Waals surface area contributed by atoms with Gasteiger partial charge in [-0.05, 0) is 106 Å². The van der Waals surface area contributed by atoms with E-state index in [1.54, 1.807) is 6.07 Å². The summed E-state index contributed by atoms with van der Waals surface area (Å²) in [5.41, 5.74) is 2.88. The lowest BCUT2D eigenvalue weighted by atomic mass is 9.98. The molecule has 2 aliphatic rings. The number of ether oxygens (including phenoxy) is 1. The predicted molar refractivity (Wildman–Crippen MR) is 220 cm³/mol. The number of nitrogens with zero attached hydrogens (tertiary/aromatic N) is 2. The molecule has 4 rings (SSSR count). The van der Waals surface area contributed by atoms with Gasteiger partial charge < -0.3 is 10.1 Å². The fourth-order valence-electron chi connectivity index (χ4n) is 5.93. The smallest absolute Gasteiger partial charge is 0.257 e. The summed E-state index contributed by atoms with van der Waals surface area (Å²) in [5.74, 6) is 1.59. The quantitative estimate of drug-likeness (QED) is 0.0920. The number of hydrogen-bond donors (Lipinski definition) is 1. The highest BCUT2D eigenvalue weighted by molar-refractivity contribution is 8.00. The molecule has 1 aliphatic carbocycles. The van der Waals surface area contributed by atoms with Crippen LogP contribution in [0.5, 0.6) is 5.75 Å². The molecule has 1 atom stereocenters. The average molecular weight is 708 g/mol. The van der Waals surface area contributed by atoms with Crippen molar-refractivity contribution >= 4 is 34.3 Å². The van der Waals surface area contributed by atoms with Crippen LogP contribution in [0.15, 0.2) is 125 Å². The van der Waals surface area contributed by atoms with Gasteiger partial charge >= 0.3 is 0 Å². The van der Waals surface area contributed by atoms with Gasteiger partial charge in [0, 0.05) is 36.1 Å². The van der Waals surface area contributed by atoms with Crippen LogP contribution in [0.2, 0.25) is 0 Å². The minimum atomic E-state index is -0.302. The highest BCUT2D eigenvalue weighted by atomic mass is 32.2. The molecule has 0 fully saturated rings. The van der Waals surface area contributed by atoms with Gasteiger partial charge in [0.15, 0.2) is 0 Å². The van der Waals surface area contributed by atoms with Gasteiger partial charge in [-0.1, -0.05) is 86.3 Å². The number of nitrogens with one attached hydrogen (secondary N) is 1. The van der Waals surface area contributed by atoms with Crippen LogP contribution in [0, 0.1) is 0 Å². The zero-order chi connectivity index (χ0) is 35.8. The monoisotopic (exact) mass is 707 g/mol. The van der Waals surface area contributed by atoms with Gasteiger partial charge in [-0.3, -0.25) is 14.6 Å². The number of carbonyl (C=O) groups excluding carboxylic acids is 1. The molecular formula is C44H57N3O3S. The maximum absolute atomic E-state index is 13.2. The minimum Gasteiger partial charge on any atom is -0.494 e. The Kier molecular flexibility index (Phi) is 19.0. The lowest BCUT2D eigenvalue weighted by Crippen LogP contribution is -2.26. The second-order valence-corrected chi connectivity index (χ2v) is 14.0. The van der Waals surface area contributed by atoms with E-state index in [2.05, 4.69) is 91.2 Å². The number of carbonyl (C=O) groups is 1. The van der Waals surface area contributed by atoms with E-state index in [9.17, 15) is 9.59 Å². The molecule has 1 aromatic carbocycles. The van der Waals surface area contributed by atoms with Crippen LogP contribution < -0.4 is 15.6 Å². The first-order chi connectivity index (χ1) is 25.2. The molecule has 1 N–H and O–H groups in total. The second-order valence-electron chi connectivity index (χ2n) is 12.8. The highest BCUT2D eigenvalue weighted by Gasteiger charge is 2.24. The third-order valence-electron chi connectivity index (χ3n) is 8.71. The zero-order valence-corrected chi connectivity index (χ0v) is 31.3. The van der Waals surface area contributed by atoms with E-state index in [-0.39, 0.29) is 11.5 Å². The van der Waals surface area contributed by atoms with Crippen molar-refractivity contribution in [3.63, 3.8) is 0 Å². The standard InChI is InChI=1S/C44H57N3O3S/c1-2-3-4-5-6-7-8-9-10-11-12-13-14-15-16-17-18-19-25-43(48)47-41-36-38(28-26-37(41)27-29-44(47)49)50-34-21-20-31-45-32-33-46-40-23-22-24-42-39(40)30-35-51-42/h4-5,7-8,10-11,13-14,16-17,22-23,26-30,36,42,45H,2-3,6,9,12,15,18-21,24-25,31-35H2,1H3. The van der Waals surface area contributed by atoms with Crippen LogP contribution in [0.25, 0.3) is 10.9 Å². The summed E-state index contributed by atoms with van der Waals surface area (Å²) in [6, 6.07) is 8.88. The number of hydrogen-bond acceptors (Lipinski definition) is 6. The Morgan fingerprint density at radius 2 is 1.61 bits per heavy atom. The first-order valence-corrected chi connectivity index (χ1v) is 20.0. The summed E-state index contributed by atoms with van der Waals surface area (Å²) in [6.07, 6.45) is 39.6. The normalized spacial score (nSPS) is 17.0. The molecule has 7 heteroatoms. The van der Waals surface area contributed by atoms with Crippen molar-refractivity contribution in [1.29, 1.82) is 0 Å². The molecular weight excluding hydrogens is 651 g/mol. The van der Waals surface area contributed by atoms with E-state index < -0.39 is 0 Å². The lowest BCUT2D eigenvalue weighted by molar-refractivity contribution is 0.0901. The summed E-state index contributed by atoms with van der Waals surface area (Å²) in [5, 5.41) is 4.94. The van der Waals surface area contributed by atoms with Crippen molar-refractivity contribution in [2.24, 2.45) is 4.99 Å². The fourth-order valence-corrected chi connectivity index (χ4v) is 7.09. The summed E-state index contributed by atoms with van der Waals surface area (Å²) in [6.45, 7) is 5.33. The van der Waals surface area contributed by atoms with Crippen LogP contribution in [0.4, 0.5) is 0 Å². The maximum atomic E-state index is 13.2. The van der Waals surface area contributed by atoms with Crippen molar-refractivity contribution in [2.45, 2.75) is 89.2 Å². The number of aromatic nitrogens is 1. The molecule has 0 amide bonds. The number of aliphatic imine (C=N–C) groups is 1. The van der Waals surface area contributed by atoms with Gasteiger partial charge in [-0.2, -0.15) is 0 Å². The Bertz CT molecular complexity index is 1670. The molecule has 6 nitrogen and oxygen atoms in total. The Morgan fingerprint density at radius 1 is 0.902 bits per heavy atom. The molecule has 1 aliphatic heterocycles. The number of allylic oxidation sites excluding steroid dienone is 12. The summed E-state index contributed by atoms with van der Waals surface area (Å²) in [7, 11) is 0. The van der Waals surface area contributed by atoms with E-state index in [0.717, 1.165) is 94.3 Å². The molecule has 0 spiro atoms. The van der Waals surface area contributed by atoms with E-state index in [1.165, 1.54) is 22.6 Å². The lowest BCUT2D eigenvalue weighted by Gasteiger charge is -2.17. The van der Waals surface area contributed by atoms with Crippen LogP contribution >= 0.6 is 11.8 Å². The first-order valence-electron chi connectivity index (χ1n) is 19.0. The summed E-state index contributed by atoms with van der Waals surface area (Å²) >= 11 is 2.01. The number of fused-ring (bicyclic) bond motifs is 2. The molecule has 0 saturated heterocycles. The number of rotatable bonds is 23. The van der Waals surface area contributed by atoms with Gasteiger partial charge in [-0.15, -0.1) is 11.8 Å². The van der Waals surface area contributed by atoms with E-state index in [0.29, 0.717) is 36.0 Å². The van der Waals surface area contributed by atoms with Crippen LogP contribution in [0.1, 0.15) is 88.8 Å². The third-order valence-corrected chi connectivity index (χ3v) is 9.92. The van der Waals surface area contributed by atoms with Gasteiger partial charge in [0.2, 0.25) is 5.91 Å². The number of pyridine rings is 1. The van der Waals surface area contributed by atoms with Crippen LogP contribution in [-0.2, 0) is 0 Å². The SMILES string of the molecule is CCCC=CCC=CCC=CCC=CCC=CCCCC(=O)n1c(=O)ccc2ccc(OCCCCNCCN=C3C=CCC4SCC=C34)cc21. The van der Waals surface area contributed by atoms with Gasteiger partial charge in [-0.25, -0.2) is 4.57 Å². The number of unbranched alkanes of at least 4 members (excludes halogenated alkanes) is 3. The number of thioether (sulfide) groups is 1. The van der Waals surface area contributed by atoms with Crippen molar-refractivity contribution in [3.8, 4) is 5.75 Å². The molecule has 2 heterocycles. The van der Waals surface area contributed by atoms with Gasteiger partial charge in [0.05, 0.1) is 24.4 Å². The van der Waals surface area contributed by atoms with Crippen molar-refractivity contribution in [2.75, 3.05) is 32.0 Å². The molecule has 2 aromatic rings. The fraction of sp³-hybridized carbons (Fsp3) is 0.432. The van der Waals surface area contributed by atoms with Crippen molar-refractivity contribution < 1.29 is 9.53 Å². The van der Waals surface area contributed by atoms with E-state index >= 15 is 0 Å². The van der Waals surface area contributed by atoms with Crippen LogP contribution in [0.3, 0.4) is 0 Å². The first kappa shape index (κ1) is 39.8. The van der Waals surface area contributed by atoms with Crippen molar-refractivity contribution in [3.05, 3.63) is 125 Å². The second kappa shape index (κ2) is 24.3. The number of benzene rings is 1. The Balaban J connectivity index is 1.09. The average Bonchev–Trinajstić information content (AvgIpc) is 3.63. The molecule has 1 unspecified atom stereocenters. The Labute approximate surface area is 309 Å². The Morgan fingerprint density at radius 3 is 2.35 bits per heavy atom. The van der Waals surface area contributed by atoms with Crippen LogP contribution in [-0.4, -0.2) is 53.4 Å². The van der Waals surface area contributed by atoms with Crippen molar-refractivity contribution in [1.82, 2.24) is 9.88 Å². The van der Waals surface area contributed by atoms with E-state index in [1.807, 2.05) is 30.0 Å². The Hall–Kier alpha value is -3.94. The molecule has 51 heavy (non-hydrogen) atoms. The maximum Gasteiger partial charge on any atom is 0.257 e. The molecule has 0 radical (unpaired) electrons. The zero-order valence-electron chi connectivity index (χ0n) is 30.5.